The highest BCUT2D eigenvalue weighted by Gasteiger charge is 2.50. The normalized spacial score (nSPS) is 18.0. The van der Waals surface area contributed by atoms with Crippen LogP contribution in [0, 0.1) is 5.92 Å². The quantitative estimate of drug-likeness (QED) is 0.210. The van der Waals surface area contributed by atoms with Crippen LogP contribution in [-0.2, 0) is 20.7 Å². The molecule has 1 atom stereocenters. The molecular formula is C33H36ClF2N3O5S. The van der Waals surface area contributed by atoms with Crippen molar-refractivity contribution in [3.63, 3.8) is 0 Å². The van der Waals surface area contributed by atoms with E-state index in [0.717, 1.165) is 18.9 Å². The minimum Gasteiger partial charge on any atom is -0.493 e. The van der Waals surface area contributed by atoms with Gasteiger partial charge in [-0.25, -0.2) is 8.42 Å². The van der Waals surface area contributed by atoms with Gasteiger partial charge >= 0.3 is 0 Å². The minimum absolute atomic E-state index is 0.144. The summed E-state index contributed by atoms with van der Waals surface area (Å²) in [5, 5.41) is 1.70. The van der Waals surface area contributed by atoms with Crippen LogP contribution in [0.2, 0.25) is 5.02 Å². The summed E-state index contributed by atoms with van der Waals surface area (Å²) in [7, 11) is -4.56. The molecule has 1 saturated carbocycles. The predicted molar refractivity (Wildman–Crippen MR) is 169 cm³/mol. The third-order valence-corrected chi connectivity index (χ3v) is 10.6. The molecule has 8 nitrogen and oxygen atoms in total. The molecule has 0 bridgehead atoms. The number of furan rings is 1. The monoisotopic (exact) mass is 659 g/mol. The van der Waals surface area contributed by atoms with E-state index >= 15 is 8.78 Å². The number of carbonyl (C=O) groups excluding carboxylic acids is 1. The number of halogens is 3. The Bertz CT molecular complexity index is 1780. The summed E-state index contributed by atoms with van der Waals surface area (Å²) in [5.74, 6) is -4.03. The summed E-state index contributed by atoms with van der Waals surface area (Å²) in [5.41, 5.74) is 5.98. The molecule has 2 aliphatic rings. The number of hydrogen-bond donors (Lipinski definition) is 2. The van der Waals surface area contributed by atoms with Crippen molar-refractivity contribution in [1.29, 1.82) is 0 Å². The molecule has 12 heteroatoms. The van der Waals surface area contributed by atoms with Gasteiger partial charge in [-0.15, -0.1) is 0 Å². The van der Waals surface area contributed by atoms with E-state index in [0.29, 0.717) is 52.5 Å². The zero-order chi connectivity index (χ0) is 31.8. The molecule has 2 heterocycles. The Morgan fingerprint density at radius 2 is 1.62 bits per heavy atom. The van der Waals surface area contributed by atoms with Crippen LogP contribution >= 0.6 is 11.6 Å². The van der Waals surface area contributed by atoms with Crippen molar-refractivity contribution in [2.24, 2.45) is 11.7 Å². The smallest absolute Gasteiger partial charge is 0.298 e. The van der Waals surface area contributed by atoms with Crippen molar-refractivity contribution >= 4 is 49.5 Å². The van der Waals surface area contributed by atoms with Gasteiger partial charge in [-0.3, -0.25) is 4.79 Å². The molecule has 0 unspecified atom stereocenters. The fourth-order valence-corrected chi connectivity index (χ4v) is 7.56. The van der Waals surface area contributed by atoms with Crippen LogP contribution in [-0.4, -0.2) is 51.0 Å². The lowest BCUT2D eigenvalue weighted by molar-refractivity contribution is -0.145. The standard InChI is InChI=1S/C33H36ClF2N3O5S/c34-23-7-13-28-27-12-6-22(18-29(27)44-30(28)19-23)33(35,36)31(32(40)39-16-14-24(37)15-17-39)38-45(41,42)26-10-8-25(9-11-26)43-20-21-4-2-1-3-5-21/h6-13,18-19,21,24,31,38H,1-5,14-17,20,37H2/t31-/m0/s1. The first kappa shape index (κ1) is 31.7. The summed E-state index contributed by atoms with van der Waals surface area (Å²) < 4.78 is 73.7. The molecule has 0 spiro atoms. The van der Waals surface area contributed by atoms with E-state index < -0.39 is 33.5 Å². The van der Waals surface area contributed by atoms with Gasteiger partial charge in [0.05, 0.1) is 11.5 Å². The van der Waals surface area contributed by atoms with Gasteiger partial charge in [0.1, 0.15) is 16.9 Å². The molecule has 240 valence electrons. The van der Waals surface area contributed by atoms with Crippen LogP contribution in [0.15, 0.2) is 70.0 Å². The summed E-state index contributed by atoms with van der Waals surface area (Å²) in [4.78, 5) is 14.7. The molecule has 3 aromatic carbocycles. The Morgan fingerprint density at radius 1 is 0.978 bits per heavy atom. The number of nitrogens with zero attached hydrogens (tertiary/aromatic N) is 1. The van der Waals surface area contributed by atoms with Crippen LogP contribution < -0.4 is 15.2 Å². The molecule has 1 aromatic heterocycles. The molecule has 4 aromatic rings. The number of sulfonamides is 1. The second-order valence-electron chi connectivity index (χ2n) is 12.1. The fourth-order valence-electron chi connectivity index (χ4n) is 6.21. The van der Waals surface area contributed by atoms with Crippen molar-refractivity contribution in [1.82, 2.24) is 9.62 Å². The largest absolute Gasteiger partial charge is 0.493 e. The lowest BCUT2D eigenvalue weighted by Gasteiger charge is -2.35. The summed E-state index contributed by atoms with van der Waals surface area (Å²) in [6.07, 6.45) is 6.62. The van der Waals surface area contributed by atoms with E-state index in [1.807, 2.05) is 0 Å². The number of alkyl halides is 2. The first-order valence-corrected chi connectivity index (χ1v) is 17.2. The Kier molecular flexibility index (Phi) is 9.07. The number of amides is 1. The Morgan fingerprint density at radius 3 is 2.31 bits per heavy atom. The minimum atomic E-state index is -4.56. The van der Waals surface area contributed by atoms with Gasteiger partial charge in [-0.2, -0.15) is 13.5 Å². The van der Waals surface area contributed by atoms with Gasteiger partial charge in [0.15, 0.2) is 6.04 Å². The predicted octanol–water partition coefficient (Wildman–Crippen LogP) is 6.59. The third-order valence-electron chi connectivity index (χ3n) is 8.90. The van der Waals surface area contributed by atoms with Crippen LogP contribution in [0.4, 0.5) is 8.78 Å². The number of benzene rings is 3. The van der Waals surface area contributed by atoms with Crippen molar-refractivity contribution in [2.75, 3.05) is 19.7 Å². The van der Waals surface area contributed by atoms with Crippen molar-refractivity contribution in [3.8, 4) is 5.75 Å². The van der Waals surface area contributed by atoms with Crippen molar-refractivity contribution in [2.45, 2.75) is 67.8 Å². The summed E-state index contributed by atoms with van der Waals surface area (Å²) in [6, 6.07) is 11.8. The SMILES string of the molecule is NC1CCN(C(=O)[C@H](NS(=O)(=O)c2ccc(OCC3CCCCC3)cc2)C(F)(F)c2ccc3c(c2)oc2cc(Cl)ccc23)CC1. The summed E-state index contributed by atoms with van der Waals surface area (Å²) >= 11 is 6.08. The molecule has 6 rings (SSSR count). The second-order valence-corrected chi connectivity index (χ2v) is 14.2. The number of fused-ring (bicyclic) bond motifs is 3. The first-order chi connectivity index (χ1) is 21.5. The van der Waals surface area contributed by atoms with Gasteiger partial charge in [0.25, 0.3) is 5.92 Å². The maximum atomic E-state index is 16.5. The number of likely N-dealkylation sites (tertiary alicyclic amines) is 1. The van der Waals surface area contributed by atoms with Crippen LogP contribution in [0.5, 0.6) is 5.75 Å². The van der Waals surface area contributed by atoms with E-state index in [-0.39, 0.29) is 29.6 Å². The van der Waals surface area contributed by atoms with E-state index in [1.165, 1.54) is 60.6 Å². The lowest BCUT2D eigenvalue weighted by atomic mass is 9.90. The molecule has 2 fully saturated rings. The van der Waals surface area contributed by atoms with Gasteiger partial charge in [0.2, 0.25) is 15.9 Å². The van der Waals surface area contributed by atoms with Crippen molar-refractivity contribution < 1.29 is 31.1 Å². The van der Waals surface area contributed by atoms with E-state index in [9.17, 15) is 13.2 Å². The maximum Gasteiger partial charge on any atom is 0.298 e. The number of rotatable bonds is 9. The highest BCUT2D eigenvalue weighted by atomic mass is 35.5. The molecule has 0 radical (unpaired) electrons. The van der Waals surface area contributed by atoms with Gasteiger partial charge in [0, 0.05) is 46.6 Å². The van der Waals surface area contributed by atoms with E-state index in [4.69, 9.17) is 26.5 Å². The average molecular weight is 660 g/mol. The van der Waals surface area contributed by atoms with Gasteiger partial charge in [-0.05, 0) is 80.1 Å². The number of ether oxygens (including phenoxy) is 1. The van der Waals surface area contributed by atoms with E-state index in [1.54, 1.807) is 18.2 Å². The number of hydrogen-bond acceptors (Lipinski definition) is 6. The van der Waals surface area contributed by atoms with Crippen LogP contribution in [0.25, 0.3) is 21.9 Å². The maximum absolute atomic E-state index is 16.5. The lowest BCUT2D eigenvalue weighted by Crippen LogP contribution is -2.57. The second kappa shape index (κ2) is 12.9. The zero-order valence-corrected chi connectivity index (χ0v) is 26.3. The van der Waals surface area contributed by atoms with E-state index in [2.05, 4.69) is 4.72 Å². The third kappa shape index (κ3) is 6.82. The molecule has 3 N–H and O–H groups in total. The molecule has 45 heavy (non-hydrogen) atoms. The van der Waals surface area contributed by atoms with Crippen LogP contribution in [0.3, 0.4) is 0 Å². The zero-order valence-electron chi connectivity index (χ0n) is 24.7. The number of piperidine rings is 1. The molecule has 1 saturated heterocycles. The van der Waals surface area contributed by atoms with Gasteiger partial charge < -0.3 is 19.8 Å². The molecule has 1 amide bonds. The Balaban J connectivity index is 1.28. The van der Waals surface area contributed by atoms with Crippen molar-refractivity contribution in [3.05, 3.63) is 71.2 Å². The molecular weight excluding hydrogens is 624 g/mol. The number of nitrogens with two attached hydrogens (primary N) is 1. The highest BCUT2D eigenvalue weighted by molar-refractivity contribution is 7.89. The Hall–Kier alpha value is -3.25. The summed E-state index contributed by atoms with van der Waals surface area (Å²) in [6.45, 7) is 0.824. The fraction of sp³-hybridized carbons (Fsp3) is 0.424. The highest BCUT2D eigenvalue weighted by Crippen LogP contribution is 2.38. The average Bonchev–Trinajstić information content (AvgIpc) is 3.40. The number of nitrogens with one attached hydrogen (secondary N) is 1. The molecule has 1 aliphatic heterocycles. The topological polar surface area (TPSA) is 115 Å². The van der Waals surface area contributed by atoms with Crippen LogP contribution in [0.1, 0.15) is 50.5 Å². The molecule has 1 aliphatic carbocycles. The first-order valence-electron chi connectivity index (χ1n) is 15.3. The number of carbonyl (C=O) groups is 1. The Labute approximate surface area is 265 Å². The van der Waals surface area contributed by atoms with Gasteiger partial charge in [-0.1, -0.05) is 36.9 Å².